The summed E-state index contributed by atoms with van der Waals surface area (Å²) in [5, 5.41) is 31.7. The van der Waals surface area contributed by atoms with Gasteiger partial charge in [-0.3, -0.25) is 10.1 Å². The zero-order valence-corrected chi connectivity index (χ0v) is 25.6. The topological polar surface area (TPSA) is 118 Å². The smallest absolute Gasteiger partial charge is 0.276 e. The normalized spacial score (nSPS) is 17.9. The van der Waals surface area contributed by atoms with Crippen LogP contribution in [0.3, 0.4) is 0 Å². The molecule has 3 aromatic rings. The first kappa shape index (κ1) is 30.0. The number of likely N-dealkylation sites (N-methyl/N-ethyl adjacent to an activating group) is 1. The average Bonchev–Trinajstić information content (AvgIpc) is 3.27. The lowest BCUT2D eigenvalue weighted by molar-refractivity contribution is -0.385. The van der Waals surface area contributed by atoms with Crippen LogP contribution in [0.4, 0.5) is 27.8 Å². The minimum Gasteiger partial charge on any atom is -0.391 e. The zero-order valence-electron chi connectivity index (χ0n) is 24.8. The van der Waals surface area contributed by atoms with Crippen LogP contribution in [0.15, 0.2) is 47.5 Å². The van der Waals surface area contributed by atoms with Crippen LogP contribution < -0.4 is 16.0 Å². The highest BCUT2D eigenvalue weighted by atomic mass is 32.1. The van der Waals surface area contributed by atoms with Crippen molar-refractivity contribution in [1.29, 1.82) is 0 Å². The van der Waals surface area contributed by atoms with E-state index < -0.39 is 4.92 Å². The molecule has 3 aliphatic rings. The van der Waals surface area contributed by atoms with E-state index in [4.69, 9.17) is 4.99 Å². The number of piperazine rings is 1. The molecule has 3 aliphatic heterocycles. The second-order valence-electron chi connectivity index (χ2n) is 11.5. The van der Waals surface area contributed by atoms with Crippen molar-refractivity contribution in [2.75, 3.05) is 50.4 Å². The standard InChI is InChI=1S/C17H20N4S.C14H21N3O3/c1-12-11-13-16(21-9-7-20(2)8-10-21)18-14-5-3-4-6-15(14)19-17(13)22-12;1-9(2)15-7-12-4-3-10-5-11(8-18)14(17(19)20)6-13(10)16-12/h3-6,11,19H,7-10H2,1-2H3;5-6,9,12,15-16,18H,3-4,7-8H2,1-2H3. The summed E-state index contributed by atoms with van der Waals surface area (Å²) in [7, 11) is 2.18. The quantitative estimate of drug-likeness (QED) is 0.235. The van der Waals surface area contributed by atoms with E-state index in [2.05, 4.69) is 83.9 Å². The Morgan fingerprint density at radius 3 is 2.64 bits per heavy atom. The Labute approximate surface area is 251 Å². The number of nitrogens with zero attached hydrogens (tertiary/aromatic N) is 4. The number of hydrogen-bond donors (Lipinski definition) is 4. The second kappa shape index (κ2) is 13.2. The van der Waals surface area contributed by atoms with Crippen LogP contribution in [0, 0.1) is 17.0 Å². The molecule has 0 aliphatic carbocycles. The summed E-state index contributed by atoms with van der Waals surface area (Å²) in [5.74, 6) is 1.12. The molecule has 224 valence electrons. The van der Waals surface area contributed by atoms with Gasteiger partial charge in [0.05, 0.1) is 34.0 Å². The van der Waals surface area contributed by atoms with Gasteiger partial charge in [-0.05, 0) is 56.6 Å². The number of aliphatic hydroxyl groups excluding tert-OH is 1. The summed E-state index contributed by atoms with van der Waals surface area (Å²) >= 11 is 1.81. The number of nitro groups is 1. The maximum atomic E-state index is 11.0. The number of aliphatic imine (C=N–C) groups is 1. The highest BCUT2D eigenvalue weighted by Crippen LogP contribution is 2.39. The van der Waals surface area contributed by atoms with Crippen molar-refractivity contribution in [2.24, 2.45) is 4.99 Å². The predicted molar refractivity (Wildman–Crippen MR) is 172 cm³/mol. The molecule has 6 rings (SSSR count). The molecule has 0 spiro atoms. The molecule has 4 N–H and O–H groups in total. The molecule has 10 nitrogen and oxygen atoms in total. The Hall–Kier alpha value is -3.51. The van der Waals surface area contributed by atoms with Crippen LogP contribution in [-0.2, 0) is 13.0 Å². The highest BCUT2D eigenvalue weighted by Gasteiger charge is 2.26. The number of aliphatic hydroxyl groups is 1. The SMILES string of the molecule is CC(C)NCC1CCc2cc(CO)c([N+](=O)[O-])cc2N1.Cc1cc2c(s1)Nc1ccccc1N=C2N1CCN(C)CC1. The number of thiophene rings is 1. The maximum absolute atomic E-state index is 11.0. The Bertz CT molecular complexity index is 1450. The van der Waals surface area contributed by atoms with Crippen LogP contribution in [0.25, 0.3) is 0 Å². The van der Waals surface area contributed by atoms with Gasteiger partial charge in [-0.2, -0.15) is 0 Å². The Balaban J connectivity index is 0.000000169. The fourth-order valence-corrected chi connectivity index (χ4v) is 6.40. The molecule has 0 radical (unpaired) electrons. The number of aryl methyl sites for hydroxylation is 2. The molecular weight excluding hydrogens is 550 g/mol. The van der Waals surface area contributed by atoms with Crippen molar-refractivity contribution in [3.63, 3.8) is 0 Å². The van der Waals surface area contributed by atoms with Gasteiger partial charge in [0.1, 0.15) is 10.8 Å². The van der Waals surface area contributed by atoms with Crippen LogP contribution in [0.5, 0.6) is 0 Å². The van der Waals surface area contributed by atoms with E-state index in [1.165, 1.54) is 15.4 Å². The molecule has 1 aromatic heterocycles. The van der Waals surface area contributed by atoms with Gasteiger partial charge in [0.15, 0.2) is 0 Å². The van der Waals surface area contributed by atoms with E-state index in [1.54, 1.807) is 23.5 Å². The van der Waals surface area contributed by atoms with Gasteiger partial charge < -0.3 is 30.9 Å². The average molecular weight is 592 g/mol. The number of benzene rings is 2. The molecule has 1 atom stereocenters. The van der Waals surface area contributed by atoms with Gasteiger partial charge in [0.25, 0.3) is 5.69 Å². The fourth-order valence-electron chi connectivity index (χ4n) is 5.48. The number of nitrogens with one attached hydrogen (secondary N) is 3. The van der Waals surface area contributed by atoms with Gasteiger partial charge in [0.2, 0.25) is 0 Å². The van der Waals surface area contributed by atoms with Gasteiger partial charge >= 0.3 is 0 Å². The first-order valence-electron chi connectivity index (χ1n) is 14.6. The summed E-state index contributed by atoms with van der Waals surface area (Å²) in [4.78, 5) is 21.7. The second-order valence-corrected chi connectivity index (χ2v) is 12.7. The summed E-state index contributed by atoms with van der Waals surface area (Å²) in [6, 6.07) is 14.5. The Kier molecular flexibility index (Phi) is 9.42. The van der Waals surface area contributed by atoms with E-state index in [9.17, 15) is 15.2 Å². The minimum absolute atomic E-state index is 0.0174. The third-order valence-corrected chi connectivity index (χ3v) is 8.81. The third kappa shape index (κ3) is 6.92. The van der Waals surface area contributed by atoms with Crippen LogP contribution in [-0.4, -0.2) is 77.5 Å². The Morgan fingerprint density at radius 1 is 1.17 bits per heavy atom. The van der Waals surface area contributed by atoms with Crippen LogP contribution in [0.1, 0.15) is 41.8 Å². The molecule has 1 fully saturated rings. The van der Waals surface area contributed by atoms with Crippen LogP contribution >= 0.6 is 11.3 Å². The highest BCUT2D eigenvalue weighted by molar-refractivity contribution is 7.16. The summed E-state index contributed by atoms with van der Waals surface area (Å²) in [5.41, 5.74) is 5.58. The fraction of sp³-hybridized carbons (Fsp3) is 0.452. The molecule has 2 aromatic carbocycles. The first-order chi connectivity index (χ1) is 20.2. The monoisotopic (exact) mass is 591 g/mol. The molecule has 1 saturated heterocycles. The number of nitro benzene ring substituents is 1. The predicted octanol–water partition coefficient (Wildman–Crippen LogP) is 5.25. The largest absolute Gasteiger partial charge is 0.391 e. The van der Waals surface area contributed by atoms with Gasteiger partial charge in [-0.15, -0.1) is 11.3 Å². The van der Waals surface area contributed by atoms with Crippen molar-refractivity contribution in [2.45, 2.75) is 52.3 Å². The molecule has 11 heteroatoms. The van der Waals surface area contributed by atoms with Gasteiger partial charge in [0, 0.05) is 61.4 Å². The van der Waals surface area contributed by atoms with Crippen molar-refractivity contribution >= 4 is 44.9 Å². The van der Waals surface area contributed by atoms with Crippen molar-refractivity contribution in [3.8, 4) is 0 Å². The lowest BCUT2D eigenvalue weighted by Gasteiger charge is -2.34. The summed E-state index contributed by atoms with van der Waals surface area (Å²) in [6.07, 6.45) is 1.85. The van der Waals surface area contributed by atoms with Crippen LogP contribution in [0.2, 0.25) is 0 Å². The molecule has 42 heavy (non-hydrogen) atoms. The van der Waals surface area contributed by atoms with Crippen molar-refractivity contribution in [1.82, 2.24) is 15.1 Å². The number of para-hydroxylation sites is 2. The molecule has 0 amide bonds. The number of rotatable bonds is 5. The van der Waals surface area contributed by atoms with E-state index in [0.717, 1.165) is 74.0 Å². The van der Waals surface area contributed by atoms with E-state index in [1.807, 2.05) is 0 Å². The number of fused-ring (bicyclic) bond motifs is 3. The lowest BCUT2D eigenvalue weighted by atomic mass is 9.95. The summed E-state index contributed by atoms with van der Waals surface area (Å²) in [6.45, 7) is 11.1. The molecule has 1 unspecified atom stereocenters. The molecule has 4 heterocycles. The van der Waals surface area contributed by atoms with Gasteiger partial charge in [-0.1, -0.05) is 26.0 Å². The number of amidine groups is 1. The van der Waals surface area contributed by atoms with Crippen molar-refractivity contribution < 1.29 is 10.0 Å². The summed E-state index contributed by atoms with van der Waals surface area (Å²) < 4.78 is 0. The first-order valence-corrected chi connectivity index (χ1v) is 15.4. The zero-order chi connectivity index (χ0) is 29.8. The molecule has 0 saturated carbocycles. The minimum atomic E-state index is -0.441. The third-order valence-electron chi connectivity index (χ3n) is 7.84. The van der Waals surface area contributed by atoms with E-state index in [0.29, 0.717) is 11.6 Å². The van der Waals surface area contributed by atoms with E-state index >= 15 is 0 Å². The van der Waals surface area contributed by atoms with Gasteiger partial charge in [-0.25, -0.2) is 4.99 Å². The van der Waals surface area contributed by atoms with Crippen molar-refractivity contribution in [3.05, 3.63) is 74.1 Å². The number of hydrogen-bond acceptors (Lipinski definition) is 10. The molecular formula is C31H41N7O3S. The Morgan fingerprint density at radius 2 is 1.93 bits per heavy atom. The maximum Gasteiger partial charge on any atom is 0.276 e. The van der Waals surface area contributed by atoms with E-state index in [-0.39, 0.29) is 18.3 Å². The lowest BCUT2D eigenvalue weighted by Crippen LogP contribution is -2.47. The molecule has 0 bridgehead atoms. The number of anilines is 3.